The summed E-state index contributed by atoms with van der Waals surface area (Å²) in [6.45, 7) is 2.17. The summed E-state index contributed by atoms with van der Waals surface area (Å²) in [7, 11) is 0. The molecule has 0 radical (unpaired) electrons. The Balaban J connectivity index is 2.36. The average Bonchev–Trinajstić information content (AvgIpc) is 2.28. The van der Waals surface area contributed by atoms with Crippen LogP contribution in [0, 0.1) is 0 Å². The Hall–Kier alpha value is -0.530. The summed E-state index contributed by atoms with van der Waals surface area (Å²) in [6, 6.07) is 6.21. The molecule has 2 rings (SSSR count). The van der Waals surface area contributed by atoms with E-state index in [0.29, 0.717) is 0 Å². The summed E-state index contributed by atoms with van der Waals surface area (Å²) in [5, 5.41) is 4.23. The van der Waals surface area contributed by atoms with Gasteiger partial charge in [-0.05, 0) is 49.2 Å². The van der Waals surface area contributed by atoms with Crippen LogP contribution in [0.15, 0.2) is 18.2 Å². The van der Waals surface area contributed by atoms with Gasteiger partial charge in [0.05, 0.1) is 0 Å². The quantitative estimate of drug-likeness (QED) is 0.646. The van der Waals surface area contributed by atoms with Crippen molar-refractivity contribution in [1.82, 2.24) is 5.32 Å². The van der Waals surface area contributed by atoms with Crippen LogP contribution in [0.5, 0.6) is 0 Å². The van der Waals surface area contributed by atoms with Gasteiger partial charge in [-0.3, -0.25) is 0 Å². The summed E-state index contributed by atoms with van der Waals surface area (Å²) in [6.07, 6.45) is 2.24. The molecule has 0 saturated heterocycles. The fraction of sp³-hybridized carbons (Fsp3) is 0.400. The maximum atomic E-state index is 5.91. The molecule has 1 aliphatic rings. The number of fused-ring (bicyclic) bond motifs is 1. The van der Waals surface area contributed by atoms with Crippen molar-refractivity contribution in [2.45, 2.75) is 12.8 Å². The number of hydrogen-bond acceptors (Lipinski definition) is 1. The molecule has 1 nitrogen and oxygen atoms in total. The first kappa shape index (κ1) is 8.09. The topological polar surface area (TPSA) is 12.0 Å². The van der Waals surface area contributed by atoms with E-state index in [4.69, 9.17) is 11.6 Å². The monoisotopic (exact) mass is 181 g/mol. The van der Waals surface area contributed by atoms with Gasteiger partial charge in [-0.25, -0.2) is 0 Å². The first-order valence-corrected chi connectivity index (χ1v) is 4.72. The number of rotatable bonds is 0. The zero-order valence-electron chi connectivity index (χ0n) is 6.94. The van der Waals surface area contributed by atoms with Gasteiger partial charge in [0.2, 0.25) is 0 Å². The standard InChI is InChI=1S/C10H12ClN/c11-10-2-1-8-3-5-12-6-4-9(8)7-10/h1-2,7,12H,3-6H2. The van der Waals surface area contributed by atoms with Crippen LogP contribution in [0.25, 0.3) is 0 Å². The summed E-state index contributed by atoms with van der Waals surface area (Å²) < 4.78 is 0. The van der Waals surface area contributed by atoms with E-state index < -0.39 is 0 Å². The Morgan fingerprint density at radius 1 is 1.08 bits per heavy atom. The second-order valence-corrected chi connectivity index (χ2v) is 3.60. The minimum absolute atomic E-state index is 0.857. The van der Waals surface area contributed by atoms with Gasteiger partial charge >= 0.3 is 0 Å². The zero-order chi connectivity index (χ0) is 8.39. The highest BCUT2D eigenvalue weighted by Crippen LogP contribution is 2.18. The smallest absolute Gasteiger partial charge is 0.0408 e. The van der Waals surface area contributed by atoms with Gasteiger partial charge in [-0.1, -0.05) is 17.7 Å². The normalized spacial score (nSPS) is 16.8. The molecule has 64 valence electrons. The molecule has 0 amide bonds. The van der Waals surface area contributed by atoms with E-state index in [2.05, 4.69) is 17.4 Å². The minimum Gasteiger partial charge on any atom is -0.316 e. The van der Waals surface area contributed by atoms with Crippen LogP contribution < -0.4 is 5.32 Å². The molecule has 0 spiro atoms. The molecule has 0 bridgehead atoms. The molecular formula is C10H12ClN. The Bertz CT molecular complexity index is 283. The number of nitrogens with one attached hydrogen (secondary N) is 1. The molecule has 0 saturated carbocycles. The van der Waals surface area contributed by atoms with Gasteiger partial charge in [0.15, 0.2) is 0 Å². The second kappa shape index (κ2) is 3.46. The number of benzene rings is 1. The lowest BCUT2D eigenvalue weighted by molar-refractivity contribution is 0.711. The van der Waals surface area contributed by atoms with Gasteiger partial charge in [-0.15, -0.1) is 0 Å². The fourth-order valence-corrected chi connectivity index (χ4v) is 1.84. The first-order valence-electron chi connectivity index (χ1n) is 4.34. The first-order chi connectivity index (χ1) is 5.86. The number of halogens is 1. The highest BCUT2D eigenvalue weighted by Gasteiger charge is 2.06. The van der Waals surface area contributed by atoms with Crippen LogP contribution in [-0.2, 0) is 12.8 Å². The Morgan fingerprint density at radius 3 is 2.67 bits per heavy atom. The molecule has 1 N–H and O–H groups in total. The van der Waals surface area contributed by atoms with E-state index in [0.717, 1.165) is 31.0 Å². The summed E-state index contributed by atoms with van der Waals surface area (Å²) in [5.74, 6) is 0. The molecule has 1 aliphatic heterocycles. The SMILES string of the molecule is Clc1ccc2c(c1)CCNCC2. The Morgan fingerprint density at radius 2 is 1.83 bits per heavy atom. The van der Waals surface area contributed by atoms with Crippen molar-refractivity contribution in [3.05, 3.63) is 34.3 Å². The lowest BCUT2D eigenvalue weighted by Crippen LogP contribution is -2.16. The lowest BCUT2D eigenvalue weighted by Gasteiger charge is -2.03. The molecular weight excluding hydrogens is 170 g/mol. The van der Waals surface area contributed by atoms with E-state index in [1.54, 1.807) is 0 Å². The van der Waals surface area contributed by atoms with Crippen molar-refractivity contribution < 1.29 is 0 Å². The van der Waals surface area contributed by atoms with Gasteiger partial charge in [0.25, 0.3) is 0 Å². The third-order valence-corrected chi connectivity index (χ3v) is 2.55. The van der Waals surface area contributed by atoms with Crippen molar-refractivity contribution in [1.29, 1.82) is 0 Å². The highest BCUT2D eigenvalue weighted by molar-refractivity contribution is 6.30. The number of hydrogen-bond donors (Lipinski definition) is 1. The molecule has 0 aliphatic carbocycles. The van der Waals surface area contributed by atoms with Crippen molar-refractivity contribution >= 4 is 11.6 Å². The third kappa shape index (κ3) is 1.62. The Labute approximate surface area is 77.7 Å². The molecule has 0 aromatic heterocycles. The van der Waals surface area contributed by atoms with Crippen LogP contribution in [-0.4, -0.2) is 13.1 Å². The Kier molecular flexibility index (Phi) is 2.33. The zero-order valence-corrected chi connectivity index (χ0v) is 7.69. The van der Waals surface area contributed by atoms with E-state index in [9.17, 15) is 0 Å². The van der Waals surface area contributed by atoms with Crippen LogP contribution in [0.3, 0.4) is 0 Å². The second-order valence-electron chi connectivity index (χ2n) is 3.16. The van der Waals surface area contributed by atoms with Crippen molar-refractivity contribution in [2.24, 2.45) is 0 Å². The molecule has 12 heavy (non-hydrogen) atoms. The molecule has 0 unspecified atom stereocenters. The molecule has 0 atom stereocenters. The van der Waals surface area contributed by atoms with Crippen LogP contribution in [0.1, 0.15) is 11.1 Å². The lowest BCUT2D eigenvalue weighted by atomic mass is 10.0. The van der Waals surface area contributed by atoms with Crippen molar-refractivity contribution in [3.8, 4) is 0 Å². The summed E-state index contributed by atoms with van der Waals surface area (Å²) >= 11 is 5.91. The molecule has 1 aromatic rings. The van der Waals surface area contributed by atoms with Crippen LogP contribution in [0.2, 0.25) is 5.02 Å². The van der Waals surface area contributed by atoms with Crippen LogP contribution in [0.4, 0.5) is 0 Å². The fourth-order valence-electron chi connectivity index (χ4n) is 1.64. The van der Waals surface area contributed by atoms with E-state index >= 15 is 0 Å². The maximum Gasteiger partial charge on any atom is 0.0408 e. The maximum absolute atomic E-state index is 5.91. The van der Waals surface area contributed by atoms with Gasteiger partial charge < -0.3 is 5.32 Å². The van der Waals surface area contributed by atoms with Crippen molar-refractivity contribution in [3.63, 3.8) is 0 Å². The van der Waals surface area contributed by atoms with E-state index in [1.807, 2.05) is 6.07 Å². The van der Waals surface area contributed by atoms with Gasteiger partial charge in [0.1, 0.15) is 0 Å². The van der Waals surface area contributed by atoms with E-state index in [-0.39, 0.29) is 0 Å². The largest absolute Gasteiger partial charge is 0.316 e. The highest BCUT2D eigenvalue weighted by atomic mass is 35.5. The average molecular weight is 182 g/mol. The molecule has 1 heterocycles. The van der Waals surface area contributed by atoms with Crippen LogP contribution >= 0.6 is 11.6 Å². The summed E-state index contributed by atoms with van der Waals surface area (Å²) in [4.78, 5) is 0. The van der Waals surface area contributed by atoms with E-state index in [1.165, 1.54) is 11.1 Å². The van der Waals surface area contributed by atoms with Crippen molar-refractivity contribution in [2.75, 3.05) is 13.1 Å². The molecule has 0 fully saturated rings. The van der Waals surface area contributed by atoms with Gasteiger partial charge in [0, 0.05) is 5.02 Å². The predicted molar refractivity (Wildman–Crippen MR) is 51.7 cm³/mol. The van der Waals surface area contributed by atoms with Gasteiger partial charge in [-0.2, -0.15) is 0 Å². The third-order valence-electron chi connectivity index (χ3n) is 2.31. The predicted octanol–water partition coefficient (Wildman–Crippen LogP) is 2.03. The summed E-state index contributed by atoms with van der Waals surface area (Å²) in [5.41, 5.74) is 2.86. The molecule has 2 heteroatoms. The minimum atomic E-state index is 0.857. The molecule has 1 aromatic carbocycles.